The summed E-state index contributed by atoms with van der Waals surface area (Å²) in [6.07, 6.45) is 3.58. The second-order valence-corrected chi connectivity index (χ2v) is 12.4. The Labute approximate surface area is 275 Å². The molecule has 242 valence electrons. The fourth-order valence-electron chi connectivity index (χ4n) is 6.30. The second kappa shape index (κ2) is 14.3. The van der Waals surface area contributed by atoms with Gasteiger partial charge in [-0.15, -0.1) is 0 Å². The highest BCUT2D eigenvalue weighted by Gasteiger charge is 2.17. The van der Waals surface area contributed by atoms with Crippen LogP contribution >= 0.6 is 0 Å². The number of carbonyl (C=O) groups excluding carboxylic acids is 1. The quantitative estimate of drug-likeness (QED) is 0.137. The molecule has 0 atom stereocenters. The number of aromatic nitrogens is 1. The zero-order valence-electron chi connectivity index (χ0n) is 26.6. The van der Waals surface area contributed by atoms with Gasteiger partial charge in [0.25, 0.3) is 5.91 Å². The number of aliphatic hydroxyl groups excluding tert-OH is 1. The van der Waals surface area contributed by atoms with E-state index in [-0.39, 0.29) is 12.0 Å². The van der Waals surface area contributed by atoms with E-state index in [1.807, 2.05) is 66.7 Å². The molecule has 1 amide bonds. The van der Waals surface area contributed by atoms with Gasteiger partial charge in [-0.3, -0.25) is 9.69 Å². The Morgan fingerprint density at radius 2 is 1.28 bits per heavy atom. The summed E-state index contributed by atoms with van der Waals surface area (Å²) < 4.78 is 7.71. The molecule has 2 aliphatic heterocycles. The van der Waals surface area contributed by atoms with Crippen LogP contribution < -0.4 is 20.9 Å². The Bertz CT molecular complexity index is 1770. The van der Waals surface area contributed by atoms with Crippen molar-refractivity contribution in [2.24, 2.45) is 0 Å². The van der Waals surface area contributed by atoms with Gasteiger partial charge in [-0.2, -0.15) is 0 Å². The zero-order chi connectivity index (χ0) is 32.0. The predicted molar refractivity (Wildman–Crippen MR) is 190 cm³/mol. The standard InChI is InChI=1S/C38H42N6O3/c45-36-16-19-43(20-17-36)35-12-10-33(11-13-35)40-31-4-2-30(3-5-31)39-32-6-8-34(9-7-32)41-38(46)29-1-14-37-28(27-29)15-18-44(37)22-21-42-23-25-47-26-24-42/h1-15,18,27,36,39-40,45H,16-17,19-26H2,(H,41,46). The Hall–Kier alpha value is -4.83. The number of piperidine rings is 1. The van der Waals surface area contributed by atoms with Crippen molar-refractivity contribution < 1.29 is 14.6 Å². The van der Waals surface area contributed by atoms with Gasteiger partial charge in [-0.05, 0) is 110 Å². The number of morpholine rings is 1. The molecule has 4 N–H and O–H groups in total. The van der Waals surface area contributed by atoms with E-state index >= 15 is 0 Å². The predicted octanol–water partition coefficient (Wildman–Crippen LogP) is 6.67. The van der Waals surface area contributed by atoms with E-state index in [0.29, 0.717) is 5.56 Å². The van der Waals surface area contributed by atoms with Gasteiger partial charge >= 0.3 is 0 Å². The number of rotatable bonds is 10. The maximum atomic E-state index is 13.1. The minimum atomic E-state index is -0.167. The first kappa shape index (κ1) is 30.8. The Morgan fingerprint density at radius 3 is 1.89 bits per heavy atom. The summed E-state index contributed by atoms with van der Waals surface area (Å²) in [4.78, 5) is 17.8. The lowest BCUT2D eigenvalue weighted by molar-refractivity contribution is 0.0365. The molecule has 2 saturated heterocycles. The first-order chi connectivity index (χ1) is 23.1. The molecule has 0 radical (unpaired) electrons. The van der Waals surface area contributed by atoms with Crippen molar-refractivity contribution in [3.05, 3.63) is 109 Å². The molecular formula is C38H42N6O3. The number of aliphatic hydroxyl groups is 1. The lowest BCUT2D eigenvalue weighted by Crippen LogP contribution is -2.38. The van der Waals surface area contributed by atoms with E-state index < -0.39 is 0 Å². The third-order valence-electron chi connectivity index (χ3n) is 9.10. The van der Waals surface area contributed by atoms with Crippen LogP contribution in [0.15, 0.2) is 103 Å². The van der Waals surface area contributed by atoms with Gasteiger partial charge in [0.15, 0.2) is 0 Å². The average Bonchev–Trinajstić information content (AvgIpc) is 3.52. The Kier molecular flexibility index (Phi) is 9.37. The van der Waals surface area contributed by atoms with E-state index in [1.165, 1.54) is 5.69 Å². The van der Waals surface area contributed by atoms with Crippen molar-refractivity contribution in [3.63, 3.8) is 0 Å². The smallest absolute Gasteiger partial charge is 0.255 e. The highest BCUT2D eigenvalue weighted by molar-refractivity contribution is 6.06. The summed E-state index contributed by atoms with van der Waals surface area (Å²) >= 11 is 0. The molecule has 1 aromatic heterocycles. The van der Waals surface area contributed by atoms with Crippen molar-refractivity contribution >= 4 is 50.9 Å². The van der Waals surface area contributed by atoms with Gasteiger partial charge in [0.1, 0.15) is 0 Å². The molecule has 0 aliphatic carbocycles. The Balaban J connectivity index is 0.898. The number of amides is 1. The molecule has 2 aliphatic rings. The first-order valence-electron chi connectivity index (χ1n) is 16.5. The van der Waals surface area contributed by atoms with Crippen molar-refractivity contribution in [1.82, 2.24) is 9.47 Å². The van der Waals surface area contributed by atoms with Crippen LogP contribution in [-0.2, 0) is 11.3 Å². The topological polar surface area (TPSA) is 94.0 Å². The first-order valence-corrected chi connectivity index (χ1v) is 16.5. The van der Waals surface area contributed by atoms with E-state index in [0.717, 1.165) is 105 Å². The van der Waals surface area contributed by atoms with E-state index in [4.69, 9.17) is 4.74 Å². The number of hydrogen-bond donors (Lipinski definition) is 4. The second-order valence-electron chi connectivity index (χ2n) is 12.4. The number of ether oxygens (including phenoxy) is 1. The van der Waals surface area contributed by atoms with Gasteiger partial charge in [0.2, 0.25) is 0 Å². The van der Waals surface area contributed by atoms with Crippen LogP contribution in [0.25, 0.3) is 10.9 Å². The number of carbonyl (C=O) groups is 1. The van der Waals surface area contributed by atoms with Crippen LogP contribution in [0.2, 0.25) is 0 Å². The lowest BCUT2D eigenvalue weighted by Gasteiger charge is -2.31. The fourth-order valence-corrected chi connectivity index (χ4v) is 6.30. The number of fused-ring (bicyclic) bond motifs is 1. The average molecular weight is 631 g/mol. The number of anilines is 6. The molecule has 2 fully saturated rings. The molecule has 5 aromatic rings. The van der Waals surface area contributed by atoms with Gasteiger partial charge in [0, 0.05) is 96.1 Å². The lowest BCUT2D eigenvalue weighted by atomic mass is 10.1. The largest absolute Gasteiger partial charge is 0.393 e. The highest BCUT2D eigenvalue weighted by Crippen LogP contribution is 2.26. The molecule has 7 rings (SSSR count). The monoisotopic (exact) mass is 630 g/mol. The minimum absolute atomic E-state index is 0.127. The Morgan fingerprint density at radius 1 is 0.702 bits per heavy atom. The summed E-state index contributed by atoms with van der Waals surface area (Å²) in [6.45, 7) is 7.27. The summed E-state index contributed by atoms with van der Waals surface area (Å²) in [5.41, 5.74) is 7.65. The number of hydrogen-bond acceptors (Lipinski definition) is 7. The van der Waals surface area contributed by atoms with Crippen LogP contribution in [0.4, 0.5) is 34.1 Å². The van der Waals surface area contributed by atoms with Crippen LogP contribution in [0.1, 0.15) is 23.2 Å². The van der Waals surface area contributed by atoms with Crippen LogP contribution in [0, 0.1) is 0 Å². The normalized spacial score (nSPS) is 15.9. The maximum absolute atomic E-state index is 13.1. The fraction of sp³-hybridized carbons (Fsp3) is 0.289. The summed E-state index contributed by atoms with van der Waals surface area (Å²) in [5.74, 6) is -0.127. The molecule has 9 heteroatoms. The summed E-state index contributed by atoms with van der Waals surface area (Å²) in [7, 11) is 0. The molecule has 9 nitrogen and oxygen atoms in total. The number of benzene rings is 4. The molecule has 0 unspecified atom stereocenters. The van der Waals surface area contributed by atoms with Crippen molar-refractivity contribution in [1.29, 1.82) is 0 Å². The van der Waals surface area contributed by atoms with E-state index in [9.17, 15) is 9.90 Å². The van der Waals surface area contributed by atoms with Gasteiger partial charge < -0.3 is 35.3 Å². The summed E-state index contributed by atoms with van der Waals surface area (Å²) in [5, 5.41) is 20.8. The van der Waals surface area contributed by atoms with Crippen LogP contribution in [0.5, 0.6) is 0 Å². The molecule has 3 heterocycles. The molecule has 0 saturated carbocycles. The van der Waals surface area contributed by atoms with Gasteiger partial charge in [-0.25, -0.2) is 0 Å². The molecule has 4 aromatic carbocycles. The summed E-state index contributed by atoms with van der Waals surface area (Å²) in [6, 6.07) is 32.3. The van der Waals surface area contributed by atoms with Gasteiger partial charge in [-0.1, -0.05) is 0 Å². The highest BCUT2D eigenvalue weighted by atomic mass is 16.5. The molecular weight excluding hydrogens is 588 g/mol. The van der Waals surface area contributed by atoms with Crippen molar-refractivity contribution in [2.45, 2.75) is 25.5 Å². The zero-order valence-corrected chi connectivity index (χ0v) is 26.6. The van der Waals surface area contributed by atoms with Gasteiger partial charge in [0.05, 0.1) is 19.3 Å². The van der Waals surface area contributed by atoms with E-state index in [1.54, 1.807) is 0 Å². The van der Waals surface area contributed by atoms with Crippen LogP contribution in [-0.4, -0.2) is 72.5 Å². The SMILES string of the molecule is O=C(Nc1ccc(Nc2ccc(Nc3ccc(N4CCC(O)CC4)cc3)cc2)cc1)c1ccc2c(ccn2CCN2CCOCC2)c1. The third-order valence-corrected chi connectivity index (χ3v) is 9.10. The van der Waals surface area contributed by atoms with Crippen molar-refractivity contribution in [2.75, 3.05) is 66.8 Å². The minimum Gasteiger partial charge on any atom is -0.393 e. The number of nitrogens with zero attached hydrogens (tertiary/aromatic N) is 3. The third kappa shape index (κ3) is 7.77. The van der Waals surface area contributed by atoms with Crippen molar-refractivity contribution in [3.8, 4) is 0 Å². The van der Waals surface area contributed by atoms with E-state index in [2.05, 4.69) is 66.8 Å². The molecule has 0 bridgehead atoms. The molecule has 47 heavy (non-hydrogen) atoms. The van der Waals surface area contributed by atoms with Crippen LogP contribution in [0.3, 0.4) is 0 Å². The number of nitrogens with one attached hydrogen (secondary N) is 3. The molecule has 0 spiro atoms. The maximum Gasteiger partial charge on any atom is 0.255 e.